The molecule has 0 fully saturated rings. The molecule has 1 aromatic heterocycles. The summed E-state index contributed by atoms with van der Waals surface area (Å²) in [6.45, 7) is 3.78. The highest BCUT2D eigenvalue weighted by Crippen LogP contribution is 2.21. The lowest BCUT2D eigenvalue weighted by atomic mass is 9.98. The predicted octanol–water partition coefficient (Wildman–Crippen LogP) is 3.47. The standard InChI is InChI=1S/C21H24N2O4/c1-21(2,25)11-10-14-4-6-15(7-5-14)20(24)22-13-19-23-17-12-16(26-3)8-9-18(17)27-19/h4-9,12,25H,10-11,13H2,1-3H3,(H,22,24). The molecule has 142 valence electrons. The average Bonchev–Trinajstić information content (AvgIpc) is 3.06. The van der Waals surface area contributed by atoms with E-state index in [1.165, 1.54) is 0 Å². The number of ether oxygens (including phenoxy) is 1. The first-order valence-corrected chi connectivity index (χ1v) is 8.87. The number of methoxy groups -OCH3 is 1. The Kier molecular flexibility index (Phi) is 5.46. The topological polar surface area (TPSA) is 84.6 Å². The molecule has 0 bridgehead atoms. The van der Waals surface area contributed by atoms with Crippen molar-refractivity contribution < 1.29 is 19.1 Å². The quantitative estimate of drug-likeness (QED) is 0.667. The molecule has 1 amide bonds. The smallest absolute Gasteiger partial charge is 0.251 e. The maximum absolute atomic E-state index is 12.3. The second kappa shape index (κ2) is 7.80. The summed E-state index contributed by atoms with van der Waals surface area (Å²) in [4.78, 5) is 16.7. The van der Waals surface area contributed by atoms with E-state index < -0.39 is 5.60 Å². The highest BCUT2D eigenvalue weighted by Gasteiger charge is 2.13. The van der Waals surface area contributed by atoms with Crippen molar-refractivity contribution in [2.45, 2.75) is 38.8 Å². The lowest BCUT2D eigenvalue weighted by Crippen LogP contribution is -2.23. The van der Waals surface area contributed by atoms with Crippen molar-refractivity contribution >= 4 is 17.0 Å². The van der Waals surface area contributed by atoms with Crippen LogP contribution in [-0.4, -0.2) is 28.7 Å². The average molecular weight is 368 g/mol. The van der Waals surface area contributed by atoms with Crippen molar-refractivity contribution in [1.82, 2.24) is 10.3 Å². The van der Waals surface area contributed by atoms with Gasteiger partial charge in [-0.1, -0.05) is 12.1 Å². The zero-order valence-corrected chi connectivity index (χ0v) is 15.8. The van der Waals surface area contributed by atoms with Crippen molar-refractivity contribution in [2.75, 3.05) is 7.11 Å². The van der Waals surface area contributed by atoms with Gasteiger partial charge in [0.1, 0.15) is 11.3 Å². The Morgan fingerprint density at radius 1 is 1.22 bits per heavy atom. The third kappa shape index (κ3) is 5.08. The number of carbonyl (C=O) groups excluding carboxylic acids is 1. The maximum atomic E-state index is 12.3. The van der Waals surface area contributed by atoms with Crippen LogP contribution in [0.5, 0.6) is 5.75 Å². The number of rotatable bonds is 7. The normalized spacial score (nSPS) is 11.6. The predicted molar refractivity (Wildman–Crippen MR) is 103 cm³/mol. The minimum absolute atomic E-state index is 0.191. The van der Waals surface area contributed by atoms with Gasteiger partial charge in [0.25, 0.3) is 5.91 Å². The number of amides is 1. The number of aliphatic hydroxyl groups is 1. The molecule has 6 heteroatoms. The van der Waals surface area contributed by atoms with Crippen molar-refractivity contribution in [3.63, 3.8) is 0 Å². The molecule has 2 N–H and O–H groups in total. The van der Waals surface area contributed by atoms with Crippen LogP contribution in [0.4, 0.5) is 0 Å². The zero-order chi connectivity index (χ0) is 19.4. The van der Waals surface area contributed by atoms with Crippen molar-refractivity contribution in [3.05, 3.63) is 59.5 Å². The van der Waals surface area contributed by atoms with Crippen LogP contribution in [0.15, 0.2) is 46.9 Å². The van der Waals surface area contributed by atoms with Crippen LogP contribution in [0.2, 0.25) is 0 Å². The van der Waals surface area contributed by atoms with Gasteiger partial charge in [0.05, 0.1) is 19.3 Å². The first-order valence-electron chi connectivity index (χ1n) is 8.87. The fourth-order valence-electron chi connectivity index (χ4n) is 2.69. The lowest BCUT2D eigenvalue weighted by molar-refractivity contribution is 0.0713. The third-order valence-electron chi connectivity index (χ3n) is 4.28. The Bertz CT molecular complexity index is 923. The first kappa shape index (κ1) is 18.9. The first-order chi connectivity index (χ1) is 12.8. The van der Waals surface area contributed by atoms with E-state index in [2.05, 4.69) is 10.3 Å². The fourth-order valence-corrected chi connectivity index (χ4v) is 2.69. The number of aromatic nitrogens is 1. The number of nitrogens with zero attached hydrogens (tertiary/aromatic N) is 1. The minimum atomic E-state index is -0.695. The molecule has 27 heavy (non-hydrogen) atoms. The fraction of sp³-hybridized carbons (Fsp3) is 0.333. The van der Waals surface area contributed by atoms with Crippen LogP contribution >= 0.6 is 0 Å². The molecule has 0 saturated carbocycles. The number of carbonyl (C=O) groups is 1. The van der Waals surface area contributed by atoms with Gasteiger partial charge in [-0.25, -0.2) is 4.98 Å². The molecule has 2 aromatic carbocycles. The molecular weight excluding hydrogens is 344 g/mol. The van der Waals surface area contributed by atoms with Gasteiger partial charge in [0.2, 0.25) is 5.89 Å². The summed E-state index contributed by atoms with van der Waals surface area (Å²) in [6.07, 6.45) is 1.43. The molecule has 0 atom stereocenters. The van der Waals surface area contributed by atoms with E-state index in [9.17, 15) is 9.90 Å². The summed E-state index contributed by atoms with van der Waals surface area (Å²) in [5, 5.41) is 12.6. The highest BCUT2D eigenvalue weighted by atomic mass is 16.5. The van der Waals surface area contributed by atoms with Crippen LogP contribution < -0.4 is 10.1 Å². The van der Waals surface area contributed by atoms with Gasteiger partial charge in [-0.05, 0) is 56.5 Å². The second-order valence-electron chi connectivity index (χ2n) is 7.13. The Hall–Kier alpha value is -2.86. The van der Waals surface area contributed by atoms with Crippen LogP contribution in [0.1, 0.15) is 42.1 Å². The van der Waals surface area contributed by atoms with Crippen LogP contribution in [0.3, 0.4) is 0 Å². The molecule has 0 aliphatic carbocycles. The highest BCUT2D eigenvalue weighted by molar-refractivity contribution is 5.94. The van der Waals surface area contributed by atoms with Gasteiger partial charge in [0.15, 0.2) is 5.58 Å². The summed E-state index contributed by atoms with van der Waals surface area (Å²) < 4.78 is 10.8. The van der Waals surface area contributed by atoms with E-state index in [0.29, 0.717) is 34.7 Å². The molecular formula is C21H24N2O4. The number of oxazole rings is 1. The number of benzene rings is 2. The van der Waals surface area contributed by atoms with E-state index >= 15 is 0 Å². The summed E-state index contributed by atoms with van der Waals surface area (Å²) in [6, 6.07) is 12.8. The summed E-state index contributed by atoms with van der Waals surface area (Å²) in [5.74, 6) is 0.952. The van der Waals surface area contributed by atoms with Gasteiger partial charge in [-0.15, -0.1) is 0 Å². The molecule has 0 spiro atoms. The molecule has 6 nitrogen and oxygen atoms in total. The van der Waals surface area contributed by atoms with Crippen molar-refractivity contribution in [3.8, 4) is 5.75 Å². The van der Waals surface area contributed by atoms with Gasteiger partial charge in [-0.2, -0.15) is 0 Å². The van der Waals surface area contributed by atoms with Gasteiger partial charge >= 0.3 is 0 Å². The zero-order valence-electron chi connectivity index (χ0n) is 15.8. The largest absolute Gasteiger partial charge is 0.497 e. The van der Waals surface area contributed by atoms with E-state index in [-0.39, 0.29) is 12.5 Å². The molecule has 0 saturated heterocycles. The van der Waals surface area contributed by atoms with Gasteiger partial charge < -0.3 is 19.6 Å². The third-order valence-corrected chi connectivity index (χ3v) is 4.28. The van der Waals surface area contributed by atoms with E-state index in [0.717, 1.165) is 12.0 Å². The van der Waals surface area contributed by atoms with Gasteiger partial charge in [-0.3, -0.25) is 4.79 Å². The van der Waals surface area contributed by atoms with Crippen molar-refractivity contribution in [1.29, 1.82) is 0 Å². The number of fused-ring (bicyclic) bond motifs is 1. The Balaban J connectivity index is 1.59. The summed E-state index contributed by atoms with van der Waals surface area (Å²) >= 11 is 0. The molecule has 1 heterocycles. The van der Waals surface area contributed by atoms with Crippen LogP contribution in [0.25, 0.3) is 11.1 Å². The van der Waals surface area contributed by atoms with E-state index in [1.807, 2.05) is 12.1 Å². The number of aryl methyl sites for hydroxylation is 1. The Morgan fingerprint density at radius 2 is 1.96 bits per heavy atom. The summed E-state index contributed by atoms with van der Waals surface area (Å²) in [5.41, 5.74) is 2.30. The Morgan fingerprint density at radius 3 is 2.63 bits per heavy atom. The maximum Gasteiger partial charge on any atom is 0.251 e. The SMILES string of the molecule is COc1ccc2oc(CNC(=O)c3ccc(CCC(C)(C)O)cc3)nc2c1. The van der Waals surface area contributed by atoms with Gasteiger partial charge in [0, 0.05) is 11.6 Å². The molecule has 3 aromatic rings. The lowest BCUT2D eigenvalue weighted by Gasteiger charge is -2.16. The number of hydrogen-bond acceptors (Lipinski definition) is 5. The molecule has 0 radical (unpaired) electrons. The van der Waals surface area contributed by atoms with E-state index in [1.54, 1.807) is 51.3 Å². The Labute approximate surface area is 158 Å². The minimum Gasteiger partial charge on any atom is -0.497 e. The molecule has 0 unspecified atom stereocenters. The van der Waals surface area contributed by atoms with E-state index in [4.69, 9.17) is 9.15 Å². The second-order valence-corrected chi connectivity index (χ2v) is 7.13. The van der Waals surface area contributed by atoms with Crippen LogP contribution in [-0.2, 0) is 13.0 Å². The summed E-state index contributed by atoms with van der Waals surface area (Å²) in [7, 11) is 1.60. The van der Waals surface area contributed by atoms with Crippen molar-refractivity contribution in [2.24, 2.45) is 0 Å². The molecule has 0 aliphatic rings. The number of nitrogens with one attached hydrogen (secondary N) is 1. The van der Waals surface area contributed by atoms with Crippen LogP contribution in [0, 0.1) is 0 Å². The molecule has 3 rings (SSSR count). The monoisotopic (exact) mass is 368 g/mol. The molecule has 0 aliphatic heterocycles. The number of hydrogen-bond donors (Lipinski definition) is 2.